The molecule has 0 radical (unpaired) electrons. The zero-order valence-electron chi connectivity index (χ0n) is 7.40. The van der Waals surface area contributed by atoms with E-state index in [-0.39, 0.29) is 0 Å². The minimum atomic E-state index is -4.50. The highest BCUT2D eigenvalue weighted by atomic mass is 32.2. The maximum atomic E-state index is 10.7. The summed E-state index contributed by atoms with van der Waals surface area (Å²) in [6, 6.07) is -0.736. The van der Waals surface area contributed by atoms with Gasteiger partial charge in [-0.3, -0.25) is 9.87 Å². The topological polar surface area (TPSA) is 127 Å². The van der Waals surface area contributed by atoms with Crippen LogP contribution in [0.1, 0.15) is 6.92 Å². The van der Waals surface area contributed by atoms with Crippen molar-refractivity contribution in [3.05, 3.63) is 0 Å². The summed E-state index contributed by atoms with van der Waals surface area (Å²) in [5.74, 6) is 0. The Morgan fingerprint density at radius 3 is 2.00 bits per heavy atom. The average Bonchev–Trinajstić information content (AvgIpc) is 2.06. The second-order valence-corrected chi connectivity index (χ2v) is 4.90. The Hall–Kier alpha value is -0.250. The van der Waals surface area contributed by atoms with Crippen molar-refractivity contribution >= 4 is 10.1 Å². The zero-order valence-corrected chi connectivity index (χ0v) is 8.22. The van der Waals surface area contributed by atoms with Crippen LogP contribution in [0.2, 0.25) is 0 Å². The summed E-state index contributed by atoms with van der Waals surface area (Å²) in [6.07, 6.45) is -4.63. The molecule has 0 amide bonds. The lowest BCUT2D eigenvalue weighted by Crippen LogP contribution is -2.65. The second-order valence-electron chi connectivity index (χ2n) is 3.36. The highest BCUT2D eigenvalue weighted by Gasteiger charge is 2.45. The molecule has 0 aromatic carbocycles. The Balaban J connectivity index is 2.92. The molecule has 5 atom stereocenters. The number of nitrogens with one attached hydrogen (secondary N) is 1. The van der Waals surface area contributed by atoms with Gasteiger partial charge in [0, 0.05) is 6.04 Å². The van der Waals surface area contributed by atoms with Crippen molar-refractivity contribution < 1.29 is 28.3 Å². The first kappa shape index (κ1) is 11.8. The van der Waals surface area contributed by atoms with Gasteiger partial charge in [-0.1, -0.05) is 0 Å². The molecule has 0 bridgehead atoms. The van der Waals surface area contributed by atoms with E-state index < -0.39 is 39.8 Å². The molecule has 0 saturated carbocycles. The van der Waals surface area contributed by atoms with E-state index >= 15 is 0 Å². The summed E-state index contributed by atoms with van der Waals surface area (Å²) < 4.78 is 30.2. The predicted molar refractivity (Wildman–Crippen MR) is 46.0 cm³/mol. The van der Waals surface area contributed by atoms with E-state index in [0.717, 1.165) is 0 Å². The number of aliphatic hydroxyl groups is 3. The Morgan fingerprint density at radius 2 is 1.57 bits per heavy atom. The molecular formula is C6H13NO6S. The van der Waals surface area contributed by atoms with Gasteiger partial charge in [0.2, 0.25) is 0 Å². The Labute approximate surface area is 81.1 Å². The molecule has 0 aliphatic carbocycles. The highest BCUT2D eigenvalue weighted by molar-refractivity contribution is 7.86. The normalized spacial score (nSPS) is 45.1. The van der Waals surface area contributed by atoms with Crippen molar-refractivity contribution in [3.63, 3.8) is 0 Å². The van der Waals surface area contributed by atoms with Gasteiger partial charge in [-0.15, -0.1) is 0 Å². The fraction of sp³-hybridized carbons (Fsp3) is 1.00. The fourth-order valence-corrected chi connectivity index (χ4v) is 2.30. The van der Waals surface area contributed by atoms with Crippen molar-refractivity contribution in [1.82, 2.24) is 5.32 Å². The standard InChI is InChI=1S/C6H13NO6S/c1-2-3(8)4(9)5(10)6(7-2)14(11,12)13/h2-10H,1H3,(H,11,12,13)/t2-,3+,4+,5-,6+/m0/s1. The number of hydrogen-bond donors (Lipinski definition) is 5. The van der Waals surface area contributed by atoms with Gasteiger partial charge in [0.25, 0.3) is 10.1 Å². The van der Waals surface area contributed by atoms with Crippen molar-refractivity contribution in [2.24, 2.45) is 0 Å². The van der Waals surface area contributed by atoms with Crippen molar-refractivity contribution in [2.45, 2.75) is 36.7 Å². The molecule has 1 rings (SSSR count). The third-order valence-corrected chi connectivity index (χ3v) is 3.33. The SMILES string of the molecule is C[C@@H]1N[C@H](S(=O)(=O)O)[C@@H](O)[C@H](O)[C@@H]1O. The summed E-state index contributed by atoms with van der Waals surface area (Å²) >= 11 is 0. The molecule has 0 unspecified atom stereocenters. The molecule has 84 valence electrons. The second kappa shape index (κ2) is 3.72. The van der Waals surface area contributed by atoms with E-state index in [0.29, 0.717) is 0 Å². The van der Waals surface area contributed by atoms with Gasteiger partial charge in [-0.2, -0.15) is 8.42 Å². The number of hydrogen-bond acceptors (Lipinski definition) is 6. The summed E-state index contributed by atoms with van der Waals surface area (Å²) in [5, 5.41) is 28.4. The smallest absolute Gasteiger partial charge is 0.283 e. The molecule has 1 aliphatic rings. The van der Waals surface area contributed by atoms with Gasteiger partial charge >= 0.3 is 0 Å². The molecule has 1 fully saturated rings. The molecule has 0 aromatic heterocycles. The van der Waals surface area contributed by atoms with Crippen LogP contribution in [0.25, 0.3) is 0 Å². The fourth-order valence-electron chi connectivity index (χ4n) is 1.40. The third kappa shape index (κ3) is 2.05. The predicted octanol–water partition coefficient (Wildman–Crippen LogP) is -2.73. The van der Waals surface area contributed by atoms with Crippen LogP contribution in [-0.2, 0) is 10.1 Å². The first-order chi connectivity index (χ1) is 6.25. The van der Waals surface area contributed by atoms with Gasteiger partial charge in [0.15, 0.2) is 5.37 Å². The molecule has 1 saturated heterocycles. The monoisotopic (exact) mass is 227 g/mol. The molecule has 8 heteroatoms. The lowest BCUT2D eigenvalue weighted by atomic mass is 9.97. The highest BCUT2D eigenvalue weighted by Crippen LogP contribution is 2.18. The van der Waals surface area contributed by atoms with E-state index in [4.69, 9.17) is 4.55 Å². The van der Waals surface area contributed by atoms with Crippen LogP contribution in [0.15, 0.2) is 0 Å². The number of rotatable bonds is 1. The van der Waals surface area contributed by atoms with E-state index in [1.54, 1.807) is 0 Å². The molecule has 7 nitrogen and oxygen atoms in total. The van der Waals surface area contributed by atoms with Crippen LogP contribution < -0.4 is 5.32 Å². The van der Waals surface area contributed by atoms with Crippen LogP contribution in [0, 0.1) is 0 Å². The minimum Gasteiger partial charge on any atom is -0.389 e. The van der Waals surface area contributed by atoms with E-state index in [2.05, 4.69) is 5.32 Å². The molecule has 1 heterocycles. The number of piperidine rings is 1. The summed E-state index contributed by atoms with van der Waals surface area (Å²) in [4.78, 5) is 0. The summed E-state index contributed by atoms with van der Waals surface area (Å²) in [7, 11) is -4.50. The van der Waals surface area contributed by atoms with Crippen LogP contribution in [0.4, 0.5) is 0 Å². The first-order valence-electron chi connectivity index (χ1n) is 4.01. The molecule has 14 heavy (non-hydrogen) atoms. The van der Waals surface area contributed by atoms with Crippen molar-refractivity contribution in [3.8, 4) is 0 Å². The Bertz CT molecular complexity index is 303. The lowest BCUT2D eigenvalue weighted by molar-refractivity contribution is -0.0986. The van der Waals surface area contributed by atoms with Gasteiger partial charge in [0.05, 0.1) is 6.10 Å². The van der Waals surface area contributed by atoms with Crippen LogP contribution in [0.5, 0.6) is 0 Å². The molecular weight excluding hydrogens is 214 g/mol. The maximum Gasteiger partial charge on any atom is 0.283 e. The Morgan fingerprint density at radius 1 is 1.07 bits per heavy atom. The average molecular weight is 227 g/mol. The van der Waals surface area contributed by atoms with Crippen LogP contribution in [0.3, 0.4) is 0 Å². The van der Waals surface area contributed by atoms with Crippen LogP contribution in [-0.4, -0.2) is 58.0 Å². The van der Waals surface area contributed by atoms with Gasteiger partial charge in [-0.25, -0.2) is 0 Å². The summed E-state index contributed by atoms with van der Waals surface area (Å²) in [6.45, 7) is 1.43. The molecule has 5 N–H and O–H groups in total. The van der Waals surface area contributed by atoms with E-state index in [1.165, 1.54) is 6.92 Å². The quantitative estimate of drug-likeness (QED) is 0.308. The molecule has 0 spiro atoms. The Kier molecular flexibility index (Phi) is 3.14. The van der Waals surface area contributed by atoms with Crippen molar-refractivity contribution in [1.29, 1.82) is 0 Å². The van der Waals surface area contributed by atoms with Gasteiger partial charge in [0.1, 0.15) is 12.2 Å². The number of aliphatic hydroxyl groups excluding tert-OH is 3. The van der Waals surface area contributed by atoms with E-state index in [9.17, 15) is 23.7 Å². The largest absolute Gasteiger partial charge is 0.389 e. The lowest BCUT2D eigenvalue weighted by Gasteiger charge is -2.38. The first-order valence-corrected chi connectivity index (χ1v) is 5.52. The van der Waals surface area contributed by atoms with Gasteiger partial charge in [-0.05, 0) is 6.92 Å². The minimum absolute atomic E-state index is 0.736. The summed E-state index contributed by atoms with van der Waals surface area (Å²) in [5.41, 5.74) is 0. The van der Waals surface area contributed by atoms with Crippen molar-refractivity contribution in [2.75, 3.05) is 0 Å². The maximum absolute atomic E-state index is 10.7. The zero-order chi connectivity index (χ0) is 11.1. The molecule has 0 aromatic rings. The third-order valence-electron chi connectivity index (χ3n) is 2.27. The molecule has 1 aliphatic heterocycles. The van der Waals surface area contributed by atoms with E-state index in [1.807, 2.05) is 0 Å². The van der Waals surface area contributed by atoms with Gasteiger partial charge < -0.3 is 15.3 Å². The van der Waals surface area contributed by atoms with Crippen LogP contribution >= 0.6 is 0 Å².